The Morgan fingerprint density at radius 1 is 0.963 bits per heavy atom. The minimum Gasteiger partial charge on any atom is -0.459 e. The molecule has 0 aromatic heterocycles. The summed E-state index contributed by atoms with van der Waals surface area (Å²) in [5.41, 5.74) is 1.77. The van der Waals surface area contributed by atoms with E-state index in [1.54, 1.807) is 41.5 Å². The lowest BCUT2D eigenvalue weighted by Gasteiger charge is -2.28. The summed E-state index contributed by atoms with van der Waals surface area (Å²) in [7, 11) is 0. The van der Waals surface area contributed by atoms with Crippen LogP contribution in [0.5, 0.6) is 0 Å². The van der Waals surface area contributed by atoms with Gasteiger partial charge in [-0.25, -0.2) is 4.79 Å². The molecule has 0 heterocycles. The lowest BCUT2D eigenvalue weighted by Crippen LogP contribution is -2.42. The van der Waals surface area contributed by atoms with Crippen molar-refractivity contribution in [2.45, 2.75) is 79.4 Å². The lowest BCUT2D eigenvalue weighted by molar-refractivity contribution is -0.156. The van der Waals surface area contributed by atoms with E-state index in [9.17, 15) is 9.59 Å². The van der Waals surface area contributed by atoms with Gasteiger partial charge in [-0.05, 0) is 73.8 Å². The first-order valence-corrected chi connectivity index (χ1v) is 9.32. The van der Waals surface area contributed by atoms with Crippen molar-refractivity contribution in [3.05, 3.63) is 36.0 Å². The van der Waals surface area contributed by atoms with Crippen molar-refractivity contribution >= 4 is 12.1 Å². The molecule has 0 aromatic carbocycles. The molecular weight excluding hydrogens is 342 g/mol. The van der Waals surface area contributed by atoms with E-state index in [0.717, 1.165) is 23.1 Å². The number of carbonyl (C=O) groups is 2. The van der Waals surface area contributed by atoms with Crippen LogP contribution >= 0.6 is 0 Å². The lowest BCUT2D eigenvalue weighted by atomic mass is 10.0. The number of allylic oxidation sites excluding steroid dienone is 4. The number of amides is 1. The van der Waals surface area contributed by atoms with E-state index in [2.05, 4.69) is 13.2 Å². The number of nitrogens with zero attached hydrogens (tertiary/aromatic N) is 1. The molecule has 154 valence electrons. The molecule has 0 saturated heterocycles. The number of ether oxygens (including phenoxy) is 2. The summed E-state index contributed by atoms with van der Waals surface area (Å²) in [6, 6.07) is 0. The molecule has 0 aliphatic heterocycles. The Hall–Kier alpha value is -2.04. The third-order valence-corrected chi connectivity index (χ3v) is 3.23. The highest BCUT2D eigenvalue weighted by Gasteiger charge is 2.26. The predicted octanol–water partition coefficient (Wildman–Crippen LogP) is 5.42. The first kappa shape index (κ1) is 25.0. The minimum absolute atomic E-state index is 0.140. The molecule has 0 aliphatic rings. The average molecular weight is 380 g/mol. The zero-order valence-corrected chi connectivity index (χ0v) is 18.4. The molecule has 0 spiro atoms. The highest BCUT2D eigenvalue weighted by atomic mass is 16.6. The number of esters is 1. The highest BCUT2D eigenvalue weighted by molar-refractivity contribution is 5.78. The molecule has 0 aromatic rings. The van der Waals surface area contributed by atoms with E-state index in [0.29, 0.717) is 13.0 Å². The van der Waals surface area contributed by atoms with Crippen LogP contribution in [0, 0.1) is 0 Å². The maximum absolute atomic E-state index is 12.5. The largest absolute Gasteiger partial charge is 0.459 e. The Kier molecular flexibility index (Phi) is 9.55. The topological polar surface area (TPSA) is 55.8 Å². The van der Waals surface area contributed by atoms with Gasteiger partial charge in [-0.15, -0.1) is 0 Å². The van der Waals surface area contributed by atoms with Gasteiger partial charge in [0, 0.05) is 6.54 Å². The monoisotopic (exact) mass is 379 g/mol. The van der Waals surface area contributed by atoms with Crippen LogP contribution in [0.2, 0.25) is 0 Å². The molecule has 0 aliphatic carbocycles. The van der Waals surface area contributed by atoms with Crippen molar-refractivity contribution in [1.29, 1.82) is 0 Å². The van der Waals surface area contributed by atoms with Crippen LogP contribution < -0.4 is 0 Å². The summed E-state index contributed by atoms with van der Waals surface area (Å²) in [5.74, 6) is -0.453. The summed E-state index contributed by atoms with van der Waals surface area (Å²) in [4.78, 5) is 26.1. The van der Waals surface area contributed by atoms with Gasteiger partial charge < -0.3 is 9.47 Å². The van der Waals surface area contributed by atoms with Gasteiger partial charge in [-0.2, -0.15) is 0 Å². The van der Waals surface area contributed by atoms with Crippen molar-refractivity contribution in [2.75, 3.05) is 13.1 Å². The average Bonchev–Trinajstić information content (AvgIpc) is 2.40. The van der Waals surface area contributed by atoms with E-state index in [1.165, 1.54) is 4.90 Å². The standard InChI is InChI=1S/C22H37NO4/c1-16(2)14-18(17(3)4)12-11-13-23(20(25)27-22(8,9)10)15-19(24)26-21(5,6)7/h14H,1,3,11-13,15H2,2,4-10H3/b18-14-. The third-order valence-electron chi connectivity index (χ3n) is 3.23. The van der Waals surface area contributed by atoms with E-state index < -0.39 is 23.3 Å². The van der Waals surface area contributed by atoms with Gasteiger partial charge >= 0.3 is 12.1 Å². The van der Waals surface area contributed by atoms with Gasteiger partial charge in [0.1, 0.15) is 17.7 Å². The molecule has 0 bridgehead atoms. The maximum atomic E-state index is 12.5. The van der Waals surface area contributed by atoms with Crippen LogP contribution in [0.4, 0.5) is 4.79 Å². The van der Waals surface area contributed by atoms with Crippen LogP contribution in [0.1, 0.15) is 68.2 Å². The number of rotatable bonds is 8. The van der Waals surface area contributed by atoms with Gasteiger partial charge in [0.2, 0.25) is 0 Å². The van der Waals surface area contributed by atoms with Crippen LogP contribution in [0.15, 0.2) is 36.0 Å². The molecule has 0 N–H and O–H groups in total. The van der Waals surface area contributed by atoms with Crippen LogP contribution in [-0.2, 0) is 14.3 Å². The Morgan fingerprint density at radius 3 is 1.89 bits per heavy atom. The molecule has 0 fully saturated rings. The van der Waals surface area contributed by atoms with Crippen molar-refractivity contribution in [1.82, 2.24) is 4.90 Å². The summed E-state index contributed by atoms with van der Waals surface area (Å²) in [5, 5.41) is 0. The summed E-state index contributed by atoms with van der Waals surface area (Å²) >= 11 is 0. The van der Waals surface area contributed by atoms with Crippen molar-refractivity contribution in [2.24, 2.45) is 0 Å². The van der Waals surface area contributed by atoms with E-state index in [1.807, 2.05) is 19.9 Å². The molecular formula is C22H37NO4. The minimum atomic E-state index is -0.633. The van der Waals surface area contributed by atoms with Crippen LogP contribution in [0.3, 0.4) is 0 Å². The summed E-state index contributed by atoms with van der Waals surface area (Å²) in [6.45, 7) is 22.8. The van der Waals surface area contributed by atoms with E-state index in [4.69, 9.17) is 9.47 Å². The number of hydrogen-bond donors (Lipinski definition) is 0. The van der Waals surface area contributed by atoms with Gasteiger partial charge in [0.25, 0.3) is 0 Å². The number of hydrogen-bond acceptors (Lipinski definition) is 4. The van der Waals surface area contributed by atoms with E-state index >= 15 is 0 Å². The Labute approximate surface area is 165 Å². The molecule has 27 heavy (non-hydrogen) atoms. The van der Waals surface area contributed by atoms with Crippen molar-refractivity contribution < 1.29 is 19.1 Å². The number of carbonyl (C=O) groups excluding carboxylic acids is 2. The first-order valence-electron chi connectivity index (χ1n) is 9.32. The van der Waals surface area contributed by atoms with Gasteiger partial charge in [0.05, 0.1) is 0 Å². The summed E-state index contributed by atoms with van der Waals surface area (Å²) in [6.07, 6.45) is 2.88. The first-order chi connectivity index (χ1) is 12.1. The molecule has 0 saturated carbocycles. The maximum Gasteiger partial charge on any atom is 0.410 e. The predicted molar refractivity (Wildman–Crippen MR) is 111 cm³/mol. The zero-order valence-electron chi connectivity index (χ0n) is 18.4. The van der Waals surface area contributed by atoms with Crippen LogP contribution in [0.25, 0.3) is 0 Å². The molecule has 0 rings (SSSR count). The molecule has 0 atom stereocenters. The van der Waals surface area contributed by atoms with Gasteiger partial charge in [-0.1, -0.05) is 30.4 Å². The molecule has 0 unspecified atom stereocenters. The van der Waals surface area contributed by atoms with E-state index in [-0.39, 0.29) is 6.54 Å². The molecule has 1 amide bonds. The second-order valence-corrected chi connectivity index (χ2v) is 8.89. The van der Waals surface area contributed by atoms with Gasteiger partial charge in [-0.3, -0.25) is 9.69 Å². The van der Waals surface area contributed by atoms with Crippen molar-refractivity contribution in [3.8, 4) is 0 Å². The smallest absolute Gasteiger partial charge is 0.410 e. The quantitative estimate of drug-likeness (QED) is 0.417. The van der Waals surface area contributed by atoms with Crippen molar-refractivity contribution in [3.63, 3.8) is 0 Å². The summed E-state index contributed by atoms with van der Waals surface area (Å²) < 4.78 is 10.8. The molecule has 0 radical (unpaired) electrons. The normalized spacial score (nSPS) is 12.4. The van der Waals surface area contributed by atoms with Crippen LogP contribution in [-0.4, -0.2) is 41.3 Å². The Morgan fingerprint density at radius 2 is 1.48 bits per heavy atom. The Bertz CT molecular complexity index is 588. The second kappa shape index (κ2) is 10.3. The fourth-order valence-electron chi connectivity index (χ4n) is 2.26. The second-order valence-electron chi connectivity index (χ2n) is 8.89. The molecule has 5 heteroatoms. The zero-order chi connectivity index (χ0) is 21.4. The fourth-order valence-corrected chi connectivity index (χ4v) is 2.26. The van der Waals surface area contributed by atoms with Gasteiger partial charge in [0.15, 0.2) is 0 Å². The Balaban J connectivity index is 5.08. The third kappa shape index (κ3) is 12.9. The highest BCUT2D eigenvalue weighted by Crippen LogP contribution is 2.18. The molecule has 5 nitrogen and oxygen atoms in total. The SMILES string of the molecule is C=C(C)/C=C(/CCCN(CC(=O)OC(C)(C)C)C(=O)OC(C)(C)C)C(=C)C. The fraction of sp³-hybridized carbons (Fsp3) is 0.636.